The van der Waals surface area contributed by atoms with E-state index < -0.39 is 6.16 Å². The average Bonchev–Trinajstić information content (AvgIpc) is 2.71. The Labute approximate surface area is 107 Å². The van der Waals surface area contributed by atoms with Crippen LogP contribution in [-0.4, -0.2) is 13.3 Å². The molecule has 1 heterocycles. The molecule has 0 spiro atoms. The first-order chi connectivity index (χ1) is 8.60. The van der Waals surface area contributed by atoms with E-state index in [1.54, 1.807) is 18.2 Å². The molecule has 0 radical (unpaired) electrons. The highest BCUT2D eigenvalue weighted by molar-refractivity contribution is 7.19. The minimum atomic E-state index is -0.829. The van der Waals surface area contributed by atoms with Crippen molar-refractivity contribution >= 4 is 22.5 Å². The molecule has 0 saturated carbocycles. The van der Waals surface area contributed by atoms with Gasteiger partial charge in [-0.1, -0.05) is 12.1 Å². The highest BCUT2D eigenvalue weighted by Gasteiger charge is 2.13. The van der Waals surface area contributed by atoms with E-state index in [1.807, 2.05) is 0 Å². The van der Waals surface area contributed by atoms with Crippen molar-refractivity contribution in [2.24, 2.45) is 0 Å². The number of benzene rings is 1. The van der Waals surface area contributed by atoms with Crippen molar-refractivity contribution in [1.29, 1.82) is 0 Å². The van der Waals surface area contributed by atoms with Crippen LogP contribution in [-0.2, 0) is 4.74 Å². The zero-order valence-corrected chi connectivity index (χ0v) is 10.3. The number of methoxy groups -OCH3 is 1. The quantitative estimate of drug-likeness (QED) is 0.848. The molecule has 2 rings (SSSR count). The second-order valence-electron chi connectivity index (χ2n) is 3.40. The van der Waals surface area contributed by atoms with E-state index in [4.69, 9.17) is 10.5 Å². The Morgan fingerprint density at radius 1 is 1.33 bits per heavy atom. The number of hydrogen-bond donors (Lipinski definition) is 1. The third-order valence-corrected chi connectivity index (χ3v) is 3.21. The van der Waals surface area contributed by atoms with Gasteiger partial charge >= 0.3 is 6.16 Å². The molecule has 0 amide bonds. The summed E-state index contributed by atoms with van der Waals surface area (Å²) in [5, 5.41) is 0.361. The van der Waals surface area contributed by atoms with Crippen LogP contribution >= 0.6 is 11.3 Å². The zero-order valence-electron chi connectivity index (χ0n) is 9.48. The van der Waals surface area contributed by atoms with Gasteiger partial charge in [0.05, 0.1) is 7.11 Å². The van der Waals surface area contributed by atoms with E-state index >= 15 is 0 Å². The summed E-state index contributed by atoms with van der Waals surface area (Å²) in [6.45, 7) is 0. The first-order valence-corrected chi connectivity index (χ1v) is 5.83. The summed E-state index contributed by atoms with van der Waals surface area (Å²) in [7, 11) is 1.21. The van der Waals surface area contributed by atoms with Gasteiger partial charge in [0, 0.05) is 10.9 Å². The van der Waals surface area contributed by atoms with Gasteiger partial charge in [-0.15, -0.1) is 11.3 Å². The smallest absolute Gasteiger partial charge is 0.437 e. The Bertz CT molecular complexity index is 565. The van der Waals surface area contributed by atoms with Gasteiger partial charge in [0.1, 0.15) is 10.8 Å². The van der Waals surface area contributed by atoms with Crippen molar-refractivity contribution in [1.82, 2.24) is 0 Å². The van der Waals surface area contributed by atoms with E-state index in [1.165, 1.54) is 30.6 Å². The summed E-state index contributed by atoms with van der Waals surface area (Å²) in [4.78, 5) is 11.8. The van der Waals surface area contributed by atoms with E-state index in [-0.39, 0.29) is 11.6 Å². The van der Waals surface area contributed by atoms with Crippen LogP contribution in [0.25, 0.3) is 10.4 Å². The second-order valence-corrected chi connectivity index (χ2v) is 4.49. The number of thiophene rings is 1. The Morgan fingerprint density at radius 3 is 2.61 bits per heavy atom. The van der Waals surface area contributed by atoms with Gasteiger partial charge in [0.2, 0.25) is 0 Å². The van der Waals surface area contributed by atoms with Crippen LogP contribution in [0.5, 0.6) is 5.75 Å². The van der Waals surface area contributed by atoms with E-state index in [2.05, 4.69) is 4.74 Å². The van der Waals surface area contributed by atoms with Gasteiger partial charge < -0.3 is 15.2 Å². The molecule has 0 fully saturated rings. The monoisotopic (exact) mass is 267 g/mol. The lowest BCUT2D eigenvalue weighted by Gasteiger charge is -1.99. The summed E-state index contributed by atoms with van der Waals surface area (Å²) < 4.78 is 22.0. The largest absolute Gasteiger partial charge is 0.513 e. The average molecular weight is 267 g/mol. The number of nitrogens with two attached hydrogens (primary N) is 1. The van der Waals surface area contributed by atoms with Gasteiger partial charge in [-0.2, -0.15) is 0 Å². The van der Waals surface area contributed by atoms with Gasteiger partial charge in [-0.05, 0) is 17.7 Å². The number of halogens is 1. The van der Waals surface area contributed by atoms with E-state index in [9.17, 15) is 9.18 Å². The lowest BCUT2D eigenvalue weighted by atomic mass is 10.2. The maximum Gasteiger partial charge on any atom is 0.513 e. The Hall–Kier alpha value is -2.08. The summed E-state index contributed by atoms with van der Waals surface area (Å²) in [6, 6.07) is 7.58. The number of carbonyl (C=O) groups excluding carboxylic acids is 1. The summed E-state index contributed by atoms with van der Waals surface area (Å²) in [6.07, 6.45) is -0.829. The topological polar surface area (TPSA) is 61.5 Å². The maximum atomic E-state index is 12.8. The molecule has 0 saturated heterocycles. The highest BCUT2D eigenvalue weighted by atomic mass is 32.1. The predicted octanol–water partition coefficient (Wildman–Crippen LogP) is 3.28. The van der Waals surface area contributed by atoms with Crippen molar-refractivity contribution in [3.8, 4) is 16.2 Å². The summed E-state index contributed by atoms with van der Waals surface area (Å²) >= 11 is 1.25. The number of hydrogen-bond acceptors (Lipinski definition) is 5. The number of anilines is 1. The second kappa shape index (κ2) is 5.05. The van der Waals surface area contributed by atoms with Crippen molar-refractivity contribution in [2.75, 3.05) is 12.8 Å². The van der Waals surface area contributed by atoms with Crippen LogP contribution in [0.3, 0.4) is 0 Å². The predicted molar refractivity (Wildman–Crippen MR) is 67.2 cm³/mol. The van der Waals surface area contributed by atoms with Gasteiger partial charge in [-0.3, -0.25) is 0 Å². The van der Waals surface area contributed by atoms with Gasteiger partial charge in [0.25, 0.3) is 0 Å². The molecule has 0 aliphatic carbocycles. The van der Waals surface area contributed by atoms with Crippen LogP contribution in [0.2, 0.25) is 0 Å². The molecule has 1 aromatic heterocycles. The Morgan fingerprint density at radius 2 is 2.00 bits per heavy atom. The van der Waals surface area contributed by atoms with Crippen molar-refractivity contribution in [2.45, 2.75) is 0 Å². The van der Waals surface area contributed by atoms with Crippen molar-refractivity contribution in [3.63, 3.8) is 0 Å². The van der Waals surface area contributed by atoms with Crippen molar-refractivity contribution < 1.29 is 18.7 Å². The SMILES string of the molecule is COC(=O)Oc1cc(-c2ccc(F)cc2)sc1N. The molecule has 2 aromatic rings. The fraction of sp³-hybridized carbons (Fsp3) is 0.0833. The van der Waals surface area contributed by atoms with Crippen LogP contribution in [0.15, 0.2) is 30.3 Å². The number of rotatable bonds is 2. The van der Waals surface area contributed by atoms with E-state index in [0.29, 0.717) is 5.00 Å². The molecule has 0 unspecified atom stereocenters. The van der Waals surface area contributed by atoms with Crippen LogP contribution in [0.1, 0.15) is 0 Å². The van der Waals surface area contributed by atoms with Crippen LogP contribution < -0.4 is 10.5 Å². The highest BCUT2D eigenvalue weighted by Crippen LogP contribution is 2.38. The molecule has 2 N–H and O–H groups in total. The molecule has 0 aliphatic heterocycles. The van der Waals surface area contributed by atoms with E-state index in [0.717, 1.165) is 10.4 Å². The van der Waals surface area contributed by atoms with Gasteiger partial charge in [0.15, 0.2) is 5.75 Å². The summed E-state index contributed by atoms with van der Waals surface area (Å²) in [5.74, 6) is -0.0690. The first-order valence-electron chi connectivity index (χ1n) is 5.01. The van der Waals surface area contributed by atoms with Crippen LogP contribution in [0, 0.1) is 5.82 Å². The molecular formula is C12H10FNO3S. The number of carbonyl (C=O) groups is 1. The zero-order chi connectivity index (χ0) is 13.1. The molecule has 0 bridgehead atoms. The molecular weight excluding hydrogens is 257 g/mol. The first kappa shape index (κ1) is 12.4. The molecule has 0 atom stereocenters. The number of nitrogen functional groups attached to an aromatic ring is 1. The lowest BCUT2D eigenvalue weighted by Crippen LogP contribution is -2.07. The molecule has 6 heteroatoms. The lowest BCUT2D eigenvalue weighted by molar-refractivity contribution is 0.122. The Balaban J connectivity index is 2.28. The molecule has 0 aliphatic rings. The molecule has 94 valence electrons. The third kappa shape index (κ3) is 2.60. The maximum absolute atomic E-state index is 12.8. The van der Waals surface area contributed by atoms with Crippen molar-refractivity contribution in [3.05, 3.63) is 36.1 Å². The fourth-order valence-electron chi connectivity index (χ4n) is 1.36. The Kier molecular flexibility index (Phi) is 3.47. The normalized spacial score (nSPS) is 10.1. The minimum absolute atomic E-state index is 0.242. The summed E-state index contributed by atoms with van der Waals surface area (Å²) in [5.41, 5.74) is 6.52. The minimum Gasteiger partial charge on any atom is -0.437 e. The molecule has 18 heavy (non-hydrogen) atoms. The molecule has 1 aromatic carbocycles. The molecule has 4 nitrogen and oxygen atoms in total. The van der Waals surface area contributed by atoms with Crippen LogP contribution in [0.4, 0.5) is 14.2 Å². The fourth-order valence-corrected chi connectivity index (χ4v) is 2.21. The standard InChI is InChI=1S/C12H10FNO3S/c1-16-12(15)17-9-6-10(18-11(9)14)7-2-4-8(13)5-3-7/h2-6H,14H2,1H3. The third-order valence-electron chi connectivity index (χ3n) is 2.21. The number of ether oxygens (including phenoxy) is 2. The van der Waals surface area contributed by atoms with Gasteiger partial charge in [-0.25, -0.2) is 9.18 Å².